The van der Waals surface area contributed by atoms with Crippen LogP contribution < -0.4 is 0 Å². The Bertz CT molecular complexity index is 358. The normalized spacial score (nSPS) is 11.3. The molecule has 0 bridgehead atoms. The summed E-state index contributed by atoms with van der Waals surface area (Å²) in [4.78, 5) is 0. The van der Waals surface area contributed by atoms with Crippen LogP contribution in [0.1, 0.15) is 18.4 Å². The fraction of sp³-hybridized carbons (Fsp3) is 0.200. The van der Waals surface area contributed by atoms with E-state index in [1.54, 1.807) is 6.08 Å². The van der Waals surface area contributed by atoms with Crippen molar-refractivity contribution < 1.29 is 0 Å². The van der Waals surface area contributed by atoms with Gasteiger partial charge >= 0.3 is 0 Å². The number of halogens is 1. The van der Waals surface area contributed by atoms with Crippen LogP contribution in [0.25, 0.3) is 0 Å². The van der Waals surface area contributed by atoms with E-state index in [1.807, 2.05) is 24.3 Å². The molecule has 84 valence electrons. The molecule has 0 N–H and O–H groups in total. The van der Waals surface area contributed by atoms with Gasteiger partial charge in [-0.3, -0.25) is 0 Å². The van der Waals surface area contributed by atoms with E-state index in [9.17, 15) is 0 Å². The minimum atomic E-state index is 0.804. The Morgan fingerprint density at radius 1 is 1.06 bits per heavy atom. The molecule has 0 fully saturated rings. The Morgan fingerprint density at radius 2 is 1.81 bits per heavy atom. The third-order valence-electron chi connectivity index (χ3n) is 2.24. The second-order valence-electron chi connectivity index (χ2n) is 3.57. The van der Waals surface area contributed by atoms with Gasteiger partial charge in [0, 0.05) is 5.02 Å². The monoisotopic (exact) mass is 232 g/mol. The maximum atomic E-state index is 5.82. The van der Waals surface area contributed by atoms with Gasteiger partial charge in [-0.15, -0.1) is 0 Å². The van der Waals surface area contributed by atoms with Crippen molar-refractivity contribution >= 4 is 11.6 Å². The lowest BCUT2D eigenvalue weighted by molar-refractivity contribution is 0.843. The first-order valence-corrected chi connectivity index (χ1v) is 5.89. The van der Waals surface area contributed by atoms with E-state index in [0.717, 1.165) is 17.9 Å². The molecule has 0 unspecified atom stereocenters. The van der Waals surface area contributed by atoms with E-state index < -0.39 is 0 Å². The molecule has 0 radical (unpaired) electrons. The highest BCUT2D eigenvalue weighted by Gasteiger charge is 1.91. The fourth-order valence-corrected chi connectivity index (χ4v) is 1.52. The molecule has 1 rings (SSSR count). The predicted molar refractivity (Wildman–Crippen MR) is 72.9 cm³/mol. The smallest absolute Gasteiger partial charge is 0.0406 e. The summed E-state index contributed by atoms with van der Waals surface area (Å²) >= 11 is 5.82. The first-order valence-electron chi connectivity index (χ1n) is 5.51. The van der Waals surface area contributed by atoms with Crippen LogP contribution in [0.2, 0.25) is 5.02 Å². The van der Waals surface area contributed by atoms with Crippen LogP contribution >= 0.6 is 11.6 Å². The van der Waals surface area contributed by atoms with Crippen molar-refractivity contribution in [2.45, 2.75) is 19.3 Å². The van der Waals surface area contributed by atoms with Crippen LogP contribution in [-0.2, 0) is 6.42 Å². The van der Waals surface area contributed by atoms with Gasteiger partial charge in [0.1, 0.15) is 0 Å². The molecular weight excluding hydrogens is 216 g/mol. The molecule has 0 atom stereocenters. The summed E-state index contributed by atoms with van der Waals surface area (Å²) in [5.41, 5.74) is 1.35. The van der Waals surface area contributed by atoms with Crippen LogP contribution in [0.4, 0.5) is 0 Å². The second-order valence-corrected chi connectivity index (χ2v) is 4.00. The Kier molecular flexibility index (Phi) is 6.36. The molecule has 1 heteroatoms. The minimum absolute atomic E-state index is 0.804. The highest BCUT2D eigenvalue weighted by atomic mass is 35.5. The first kappa shape index (κ1) is 12.8. The molecule has 16 heavy (non-hydrogen) atoms. The van der Waals surface area contributed by atoms with E-state index in [2.05, 4.69) is 30.9 Å². The molecule has 0 aliphatic rings. The first-order chi connectivity index (χ1) is 7.83. The van der Waals surface area contributed by atoms with Crippen LogP contribution in [-0.4, -0.2) is 0 Å². The van der Waals surface area contributed by atoms with E-state index in [1.165, 1.54) is 12.0 Å². The van der Waals surface area contributed by atoms with E-state index >= 15 is 0 Å². The lowest BCUT2D eigenvalue weighted by Gasteiger charge is -1.98. The molecule has 0 aliphatic carbocycles. The number of unbranched alkanes of at least 4 members (excludes halogenated alkanes) is 1. The van der Waals surface area contributed by atoms with Gasteiger partial charge in [0.25, 0.3) is 0 Å². The quantitative estimate of drug-likeness (QED) is 0.480. The molecular formula is C15H17Cl. The summed E-state index contributed by atoms with van der Waals surface area (Å²) in [7, 11) is 0. The van der Waals surface area contributed by atoms with Crippen molar-refractivity contribution in [2.24, 2.45) is 0 Å². The predicted octanol–water partition coefficient (Wildman–Crippen LogP) is 4.96. The number of allylic oxidation sites excluding steroid dienone is 5. The van der Waals surface area contributed by atoms with Crippen molar-refractivity contribution in [1.82, 2.24) is 0 Å². The molecule has 1 aromatic carbocycles. The van der Waals surface area contributed by atoms with E-state index in [0.29, 0.717) is 0 Å². The fourth-order valence-electron chi connectivity index (χ4n) is 1.39. The highest BCUT2D eigenvalue weighted by Crippen LogP contribution is 2.11. The van der Waals surface area contributed by atoms with Gasteiger partial charge in [-0.05, 0) is 37.0 Å². The Balaban J connectivity index is 2.20. The largest absolute Gasteiger partial charge is 0.0991 e. The highest BCUT2D eigenvalue weighted by molar-refractivity contribution is 6.30. The van der Waals surface area contributed by atoms with Gasteiger partial charge in [-0.2, -0.15) is 0 Å². The zero-order valence-electron chi connectivity index (χ0n) is 9.40. The third-order valence-corrected chi connectivity index (χ3v) is 2.50. The molecule has 1 aromatic rings. The molecule has 0 nitrogen and oxygen atoms in total. The zero-order chi connectivity index (χ0) is 11.6. The average Bonchev–Trinajstić information content (AvgIpc) is 2.30. The molecule has 0 amide bonds. The SMILES string of the molecule is C=C/C=C/C=C/CCCc1ccc(Cl)cc1. The molecule has 0 saturated heterocycles. The molecule has 0 aliphatic heterocycles. The molecule has 0 aromatic heterocycles. The molecule has 0 saturated carbocycles. The van der Waals surface area contributed by atoms with Crippen molar-refractivity contribution in [2.75, 3.05) is 0 Å². The zero-order valence-corrected chi connectivity index (χ0v) is 10.2. The number of rotatable bonds is 6. The summed E-state index contributed by atoms with van der Waals surface area (Å²) < 4.78 is 0. The topological polar surface area (TPSA) is 0 Å². The number of aryl methyl sites for hydroxylation is 1. The number of hydrogen-bond acceptors (Lipinski definition) is 0. The van der Waals surface area contributed by atoms with Crippen molar-refractivity contribution in [1.29, 1.82) is 0 Å². The van der Waals surface area contributed by atoms with Crippen molar-refractivity contribution in [3.63, 3.8) is 0 Å². The second kappa shape index (κ2) is 7.95. The average molecular weight is 233 g/mol. The summed E-state index contributed by atoms with van der Waals surface area (Å²) in [5, 5.41) is 0.804. The Labute approximate surface area is 103 Å². The van der Waals surface area contributed by atoms with Crippen molar-refractivity contribution in [3.8, 4) is 0 Å². The van der Waals surface area contributed by atoms with Crippen LogP contribution in [0.3, 0.4) is 0 Å². The van der Waals surface area contributed by atoms with Gasteiger partial charge in [0.05, 0.1) is 0 Å². The van der Waals surface area contributed by atoms with Gasteiger partial charge in [-0.1, -0.05) is 60.7 Å². The Hall–Kier alpha value is -1.27. The Morgan fingerprint density at radius 3 is 2.50 bits per heavy atom. The molecule has 0 spiro atoms. The van der Waals surface area contributed by atoms with Gasteiger partial charge in [-0.25, -0.2) is 0 Å². The van der Waals surface area contributed by atoms with Gasteiger partial charge < -0.3 is 0 Å². The van der Waals surface area contributed by atoms with Crippen LogP contribution in [0.5, 0.6) is 0 Å². The maximum Gasteiger partial charge on any atom is 0.0406 e. The van der Waals surface area contributed by atoms with Gasteiger partial charge in [0.2, 0.25) is 0 Å². The van der Waals surface area contributed by atoms with Crippen LogP contribution in [0.15, 0.2) is 61.2 Å². The lowest BCUT2D eigenvalue weighted by Crippen LogP contribution is -1.83. The molecule has 0 heterocycles. The number of hydrogen-bond donors (Lipinski definition) is 0. The summed E-state index contributed by atoms with van der Waals surface area (Å²) in [6, 6.07) is 8.06. The van der Waals surface area contributed by atoms with Crippen molar-refractivity contribution in [3.05, 3.63) is 71.8 Å². The van der Waals surface area contributed by atoms with E-state index in [4.69, 9.17) is 11.6 Å². The summed E-state index contributed by atoms with van der Waals surface area (Å²) in [5.74, 6) is 0. The standard InChI is InChI=1S/C15H17Cl/c1-2-3-4-5-6-7-8-9-14-10-12-15(16)13-11-14/h2-6,10-13H,1,7-9H2/b4-3+,6-5+. The number of benzene rings is 1. The lowest BCUT2D eigenvalue weighted by atomic mass is 10.1. The van der Waals surface area contributed by atoms with E-state index in [-0.39, 0.29) is 0 Å². The third kappa shape index (κ3) is 5.57. The minimum Gasteiger partial charge on any atom is -0.0991 e. The maximum absolute atomic E-state index is 5.82. The summed E-state index contributed by atoms with van der Waals surface area (Å²) in [6.45, 7) is 3.61. The van der Waals surface area contributed by atoms with Gasteiger partial charge in [0.15, 0.2) is 0 Å². The summed E-state index contributed by atoms with van der Waals surface area (Å²) in [6.07, 6.45) is 13.3. The van der Waals surface area contributed by atoms with Crippen LogP contribution in [0, 0.1) is 0 Å².